The van der Waals surface area contributed by atoms with Crippen molar-refractivity contribution in [1.29, 1.82) is 5.26 Å². The Morgan fingerprint density at radius 2 is 1.89 bits per heavy atom. The molecule has 148 valence electrons. The zero-order valence-corrected chi connectivity index (χ0v) is 17.0. The Labute approximate surface area is 173 Å². The molecule has 2 aromatic carbocycles. The first kappa shape index (κ1) is 21.0. The quantitative estimate of drug-likeness (QED) is 0.768. The molecule has 1 unspecified atom stereocenters. The number of rotatable bonds is 5. The summed E-state index contributed by atoms with van der Waals surface area (Å²) in [5.41, 5.74) is 0.596. The molecule has 0 aliphatic carbocycles. The molecule has 28 heavy (non-hydrogen) atoms. The van der Waals surface area contributed by atoms with E-state index >= 15 is 0 Å². The van der Waals surface area contributed by atoms with E-state index in [2.05, 4.69) is 0 Å². The lowest BCUT2D eigenvalue weighted by molar-refractivity contribution is 0.204. The Kier molecular flexibility index (Phi) is 6.28. The third-order valence-corrected chi connectivity index (χ3v) is 7.49. The van der Waals surface area contributed by atoms with Crippen LogP contribution in [0.15, 0.2) is 41.3 Å². The van der Waals surface area contributed by atoms with Gasteiger partial charge in [0, 0.05) is 30.6 Å². The summed E-state index contributed by atoms with van der Waals surface area (Å²) in [7, 11) is -3.86. The molecule has 0 radical (unpaired) electrons. The normalized spacial score (nSPS) is 20.2. The van der Waals surface area contributed by atoms with Crippen molar-refractivity contribution in [3.63, 3.8) is 0 Å². The van der Waals surface area contributed by atoms with Gasteiger partial charge in [-0.15, -0.1) is 0 Å². The zero-order valence-electron chi connectivity index (χ0n) is 14.6. The fourth-order valence-corrected chi connectivity index (χ4v) is 5.73. The van der Waals surface area contributed by atoms with Crippen LogP contribution >= 0.6 is 23.2 Å². The molecule has 3 rings (SSSR count). The highest BCUT2D eigenvalue weighted by Crippen LogP contribution is 2.34. The molecule has 0 saturated carbocycles. The molecule has 0 bridgehead atoms. The predicted molar refractivity (Wildman–Crippen MR) is 104 cm³/mol. The smallest absolute Gasteiger partial charge is 0.244 e. The van der Waals surface area contributed by atoms with Crippen molar-refractivity contribution >= 4 is 33.2 Å². The molecule has 2 atom stereocenters. The fourth-order valence-electron chi connectivity index (χ4n) is 3.43. The molecule has 1 heterocycles. The fraction of sp³-hybridized carbons (Fsp3) is 0.316. The molecule has 5 nitrogen and oxygen atoms in total. The standard InChI is InChI=1S/C19H17Cl2FN2O3S/c20-16-3-4-19(17(21)7-16)28(26,27)24-9-14(15(10-24)11-25)5-12-1-2-13(8-23)18(22)6-12/h1-4,6-7,14-15,25H,5,9-11H2/t14-,15?/m0/s1. The lowest BCUT2D eigenvalue weighted by atomic mass is 9.90. The van der Waals surface area contributed by atoms with Gasteiger partial charge >= 0.3 is 0 Å². The average Bonchev–Trinajstić information content (AvgIpc) is 3.05. The van der Waals surface area contributed by atoms with Crippen LogP contribution in [-0.2, 0) is 16.4 Å². The van der Waals surface area contributed by atoms with Gasteiger partial charge in [-0.2, -0.15) is 9.57 Å². The van der Waals surface area contributed by atoms with Gasteiger partial charge in [0.1, 0.15) is 16.8 Å². The van der Waals surface area contributed by atoms with Gasteiger partial charge in [0.15, 0.2) is 0 Å². The molecule has 1 fully saturated rings. The monoisotopic (exact) mass is 442 g/mol. The van der Waals surface area contributed by atoms with Crippen LogP contribution < -0.4 is 0 Å². The number of nitriles is 1. The number of aliphatic hydroxyl groups excluding tert-OH is 1. The number of hydrogen-bond acceptors (Lipinski definition) is 4. The minimum atomic E-state index is -3.86. The minimum absolute atomic E-state index is 0.0330. The molecule has 1 aliphatic heterocycles. The van der Waals surface area contributed by atoms with Crippen LogP contribution in [0.4, 0.5) is 4.39 Å². The van der Waals surface area contributed by atoms with Crippen molar-refractivity contribution in [2.45, 2.75) is 11.3 Å². The van der Waals surface area contributed by atoms with E-state index in [4.69, 9.17) is 28.5 Å². The molecule has 1 N–H and O–H groups in total. The highest BCUT2D eigenvalue weighted by molar-refractivity contribution is 7.89. The number of hydrogen-bond donors (Lipinski definition) is 1. The number of nitrogens with zero attached hydrogens (tertiary/aromatic N) is 2. The molecule has 0 spiro atoms. The lowest BCUT2D eigenvalue weighted by Gasteiger charge is -2.17. The van der Waals surface area contributed by atoms with Gasteiger partial charge in [-0.05, 0) is 48.2 Å². The molecule has 2 aromatic rings. The first-order chi connectivity index (χ1) is 13.3. The predicted octanol–water partition coefficient (Wildman–Crippen LogP) is 3.48. The van der Waals surface area contributed by atoms with Crippen molar-refractivity contribution in [1.82, 2.24) is 4.31 Å². The average molecular weight is 443 g/mol. The van der Waals surface area contributed by atoms with Crippen LogP contribution in [0.25, 0.3) is 0 Å². The SMILES string of the molecule is N#Cc1ccc(C[C@H]2CN(S(=O)(=O)c3ccc(Cl)cc3Cl)CC2CO)cc1F. The van der Waals surface area contributed by atoms with Gasteiger partial charge in [-0.1, -0.05) is 29.3 Å². The Bertz CT molecular complexity index is 1040. The Morgan fingerprint density at radius 3 is 2.50 bits per heavy atom. The van der Waals surface area contributed by atoms with Crippen LogP contribution in [0.1, 0.15) is 11.1 Å². The van der Waals surface area contributed by atoms with E-state index in [0.29, 0.717) is 17.0 Å². The van der Waals surface area contributed by atoms with E-state index in [1.165, 1.54) is 34.6 Å². The van der Waals surface area contributed by atoms with Gasteiger partial charge in [0.2, 0.25) is 10.0 Å². The molecular formula is C19H17Cl2FN2O3S. The van der Waals surface area contributed by atoms with Crippen molar-refractivity contribution in [3.8, 4) is 6.07 Å². The van der Waals surface area contributed by atoms with Crippen LogP contribution in [0.2, 0.25) is 10.0 Å². The van der Waals surface area contributed by atoms with Crippen LogP contribution in [-0.4, -0.2) is 37.5 Å². The zero-order chi connectivity index (χ0) is 20.5. The molecule has 9 heteroatoms. The van der Waals surface area contributed by atoms with E-state index in [-0.39, 0.29) is 47.0 Å². The summed E-state index contributed by atoms with van der Waals surface area (Å²) in [6, 6.07) is 10.3. The summed E-state index contributed by atoms with van der Waals surface area (Å²) in [4.78, 5) is -0.0414. The molecule has 1 aliphatic rings. The van der Waals surface area contributed by atoms with E-state index in [9.17, 15) is 17.9 Å². The first-order valence-electron chi connectivity index (χ1n) is 8.51. The maximum atomic E-state index is 13.9. The molecular weight excluding hydrogens is 426 g/mol. The van der Waals surface area contributed by atoms with E-state index < -0.39 is 15.8 Å². The summed E-state index contributed by atoms with van der Waals surface area (Å²) < 4.78 is 41.1. The van der Waals surface area contributed by atoms with Gasteiger partial charge < -0.3 is 5.11 Å². The Hall–Kier alpha value is -1.69. The van der Waals surface area contributed by atoms with Crippen LogP contribution in [0.5, 0.6) is 0 Å². The summed E-state index contributed by atoms with van der Waals surface area (Å²) in [6.45, 7) is 0.124. The second kappa shape index (κ2) is 8.36. The molecule has 0 aromatic heterocycles. The number of benzene rings is 2. The topological polar surface area (TPSA) is 81.4 Å². The van der Waals surface area contributed by atoms with Gasteiger partial charge in [-0.3, -0.25) is 0 Å². The van der Waals surface area contributed by atoms with Gasteiger partial charge in [0.25, 0.3) is 0 Å². The van der Waals surface area contributed by atoms with E-state index in [1.807, 2.05) is 0 Å². The minimum Gasteiger partial charge on any atom is -0.396 e. The van der Waals surface area contributed by atoms with Gasteiger partial charge in [0.05, 0.1) is 10.6 Å². The number of aliphatic hydroxyl groups is 1. The van der Waals surface area contributed by atoms with E-state index in [1.54, 1.807) is 12.1 Å². The van der Waals surface area contributed by atoms with Gasteiger partial charge in [-0.25, -0.2) is 12.8 Å². The Morgan fingerprint density at radius 1 is 1.18 bits per heavy atom. The summed E-state index contributed by atoms with van der Waals surface area (Å²) in [5.74, 6) is -1.10. The maximum Gasteiger partial charge on any atom is 0.244 e. The third kappa shape index (κ3) is 4.17. The van der Waals surface area contributed by atoms with Crippen molar-refractivity contribution < 1.29 is 17.9 Å². The van der Waals surface area contributed by atoms with Crippen molar-refractivity contribution in [2.24, 2.45) is 11.8 Å². The lowest BCUT2D eigenvalue weighted by Crippen LogP contribution is -2.29. The largest absolute Gasteiger partial charge is 0.396 e. The third-order valence-electron chi connectivity index (χ3n) is 4.94. The first-order valence-corrected chi connectivity index (χ1v) is 10.7. The summed E-state index contributed by atoms with van der Waals surface area (Å²) in [5, 5.41) is 18.9. The number of halogens is 3. The highest BCUT2D eigenvalue weighted by atomic mass is 35.5. The van der Waals surface area contributed by atoms with Crippen molar-refractivity contribution in [2.75, 3.05) is 19.7 Å². The maximum absolute atomic E-state index is 13.9. The van der Waals surface area contributed by atoms with Crippen molar-refractivity contribution in [3.05, 3.63) is 63.4 Å². The number of sulfonamides is 1. The van der Waals surface area contributed by atoms with Crippen LogP contribution in [0, 0.1) is 29.0 Å². The highest BCUT2D eigenvalue weighted by Gasteiger charge is 2.39. The summed E-state index contributed by atoms with van der Waals surface area (Å²) >= 11 is 11.9. The second-order valence-electron chi connectivity index (χ2n) is 6.73. The summed E-state index contributed by atoms with van der Waals surface area (Å²) in [6.07, 6.45) is 0.383. The second-order valence-corrected chi connectivity index (χ2v) is 9.48. The van der Waals surface area contributed by atoms with E-state index in [0.717, 1.165) is 0 Å². The molecule has 0 amide bonds. The molecule has 1 saturated heterocycles. The van der Waals surface area contributed by atoms with Crippen LogP contribution in [0.3, 0.4) is 0 Å². The Balaban J connectivity index is 1.83.